The van der Waals surface area contributed by atoms with Gasteiger partial charge in [-0.2, -0.15) is 0 Å². The smallest absolute Gasteiger partial charge is 0.279 e. The van der Waals surface area contributed by atoms with Gasteiger partial charge >= 0.3 is 0 Å². The van der Waals surface area contributed by atoms with Crippen LogP contribution in [-0.4, -0.2) is 9.91 Å². The second-order valence-corrected chi connectivity index (χ2v) is 4.41. The first-order valence-corrected chi connectivity index (χ1v) is 6.20. The Balaban J connectivity index is 2.09. The van der Waals surface area contributed by atoms with Gasteiger partial charge in [-0.15, -0.1) is 0 Å². The molecule has 3 aromatic rings. The van der Waals surface area contributed by atoms with E-state index in [2.05, 4.69) is 4.98 Å². The molecule has 2 aromatic carbocycles. The average molecular weight is 281 g/mol. The van der Waals surface area contributed by atoms with Crippen LogP contribution in [-0.2, 0) is 0 Å². The molecule has 6 nitrogen and oxygen atoms in total. The van der Waals surface area contributed by atoms with Crippen molar-refractivity contribution in [3.63, 3.8) is 0 Å². The number of anilines is 1. The zero-order valence-electron chi connectivity index (χ0n) is 10.9. The molecule has 3 rings (SSSR count). The lowest BCUT2D eigenvalue weighted by atomic mass is 10.1. The van der Waals surface area contributed by atoms with E-state index in [1.165, 1.54) is 6.07 Å². The van der Waals surface area contributed by atoms with Gasteiger partial charge in [-0.05, 0) is 42.5 Å². The summed E-state index contributed by atoms with van der Waals surface area (Å²) < 4.78 is 5.74. The summed E-state index contributed by atoms with van der Waals surface area (Å²) in [4.78, 5) is 14.8. The van der Waals surface area contributed by atoms with Crippen LogP contribution in [0.4, 0.5) is 11.4 Å². The fraction of sp³-hybridized carbons (Fsp3) is 0. The monoisotopic (exact) mass is 281 g/mol. The quantitative estimate of drug-likeness (QED) is 0.450. The highest BCUT2D eigenvalue weighted by atomic mass is 16.6. The number of nitro groups is 1. The second kappa shape index (κ2) is 5.09. The Morgan fingerprint density at radius 1 is 1.10 bits per heavy atom. The van der Waals surface area contributed by atoms with Crippen LogP contribution >= 0.6 is 0 Å². The number of rotatable bonds is 3. The number of nitrogens with zero attached hydrogens (tertiary/aromatic N) is 2. The van der Waals surface area contributed by atoms with E-state index in [0.29, 0.717) is 28.1 Å². The van der Waals surface area contributed by atoms with Crippen molar-refractivity contribution in [3.8, 4) is 11.5 Å². The summed E-state index contributed by atoms with van der Waals surface area (Å²) in [6.07, 6.45) is 1.57. The van der Waals surface area contributed by atoms with Crippen molar-refractivity contribution in [2.45, 2.75) is 0 Å². The first kappa shape index (κ1) is 12.9. The van der Waals surface area contributed by atoms with E-state index >= 15 is 0 Å². The SMILES string of the molecule is Nc1ccc(Oc2ccc([N+](=O)[O-])c3cccnc23)cc1. The van der Waals surface area contributed by atoms with Gasteiger partial charge in [0.15, 0.2) is 5.75 Å². The van der Waals surface area contributed by atoms with Gasteiger partial charge in [-0.1, -0.05) is 0 Å². The Bertz CT molecular complexity index is 816. The molecule has 6 heteroatoms. The van der Waals surface area contributed by atoms with Gasteiger partial charge < -0.3 is 10.5 Å². The van der Waals surface area contributed by atoms with Crippen LogP contribution in [0.25, 0.3) is 10.9 Å². The van der Waals surface area contributed by atoms with Gasteiger partial charge in [0.05, 0.1) is 10.3 Å². The van der Waals surface area contributed by atoms with Crippen LogP contribution in [0.2, 0.25) is 0 Å². The third-order valence-corrected chi connectivity index (χ3v) is 3.01. The normalized spacial score (nSPS) is 10.5. The number of nitrogens with two attached hydrogens (primary N) is 1. The Labute approximate surface area is 119 Å². The Hall–Kier alpha value is -3.15. The zero-order valence-corrected chi connectivity index (χ0v) is 10.9. The van der Waals surface area contributed by atoms with Crippen molar-refractivity contribution in [1.82, 2.24) is 4.98 Å². The van der Waals surface area contributed by atoms with Gasteiger partial charge in [0.2, 0.25) is 0 Å². The number of ether oxygens (including phenoxy) is 1. The highest BCUT2D eigenvalue weighted by molar-refractivity contribution is 5.92. The van der Waals surface area contributed by atoms with E-state index < -0.39 is 4.92 Å². The molecule has 1 heterocycles. The topological polar surface area (TPSA) is 91.3 Å². The largest absolute Gasteiger partial charge is 0.455 e. The molecule has 1 aromatic heterocycles. The number of hydrogen-bond acceptors (Lipinski definition) is 5. The molecule has 0 fully saturated rings. The van der Waals surface area contributed by atoms with Gasteiger partial charge in [0.1, 0.15) is 11.3 Å². The van der Waals surface area contributed by atoms with Crippen LogP contribution < -0.4 is 10.5 Å². The lowest BCUT2D eigenvalue weighted by Crippen LogP contribution is -1.93. The summed E-state index contributed by atoms with van der Waals surface area (Å²) in [5, 5.41) is 11.5. The minimum absolute atomic E-state index is 0.00255. The number of pyridine rings is 1. The molecular weight excluding hydrogens is 270 g/mol. The maximum Gasteiger partial charge on any atom is 0.279 e. The third kappa shape index (κ3) is 2.46. The van der Waals surface area contributed by atoms with Crippen molar-refractivity contribution in [1.29, 1.82) is 0 Å². The van der Waals surface area contributed by atoms with Crippen molar-refractivity contribution in [3.05, 3.63) is 64.8 Å². The lowest BCUT2D eigenvalue weighted by Gasteiger charge is -2.08. The minimum atomic E-state index is -0.434. The standard InChI is InChI=1S/C15H11N3O3/c16-10-3-5-11(6-4-10)21-14-8-7-13(18(19)20)12-2-1-9-17-15(12)14/h1-9H,16H2. The van der Waals surface area contributed by atoms with Crippen molar-refractivity contribution < 1.29 is 9.66 Å². The van der Waals surface area contributed by atoms with E-state index in [-0.39, 0.29) is 5.69 Å². The zero-order chi connectivity index (χ0) is 14.8. The summed E-state index contributed by atoms with van der Waals surface area (Å²) in [6.45, 7) is 0. The molecule has 21 heavy (non-hydrogen) atoms. The number of non-ortho nitro benzene ring substituents is 1. The summed E-state index contributed by atoms with van der Waals surface area (Å²) in [5.74, 6) is 1.05. The van der Waals surface area contributed by atoms with E-state index in [0.717, 1.165) is 0 Å². The molecule has 0 atom stereocenters. The number of nitrogen functional groups attached to an aromatic ring is 1. The fourth-order valence-corrected chi connectivity index (χ4v) is 2.04. The summed E-state index contributed by atoms with van der Waals surface area (Å²) in [5.41, 5.74) is 6.70. The fourth-order valence-electron chi connectivity index (χ4n) is 2.04. The average Bonchev–Trinajstić information content (AvgIpc) is 2.49. The van der Waals surface area contributed by atoms with Gasteiger partial charge in [-0.25, -0.2) is 0 Å². The molecule has 0 unspecified atom stereocenters. The first-order valence-electron chi connectivity index (χ1n) is 6.20. The molecule has 0 spiro atoms. The highest BCUT2D eigenvalue weighted by Gasteiger charge is 2.15. The summed E-state index contributed by atoms with van der Waals surface area (Å²) in [7, 11) is 0. The number of aromatic nitrogens is 1. The molecule has 0 radical (unpaired) electrons. The predicted octanol–water partition coefficient (Wildman–Crippen LogP) is 3.52. The molecule has 104 valence electrons. The van der Waals surface area contributed by atoms with Crippen LogP contribution in [0.15, 0.2) is 54.7 Å². The minimum Gasteiger partial charge on any atom is -0.455 e. The Morgan fingerprint density at radius 2 is 1.86 bits per heavy atom. The predicted molar refractivity (Wildman–Crippen MR) is 79.3 cm³/mol. The van der Waals surface area contributed by atoms with Gasteiger partial charge in [-0.3, -0.25) is 15.1 Å². The number of nitro benzene ring substituents is 1. The van der Waals surface area contributed by atoms with E-state index in [1.54, 1.807) is 48.7 Å². The maximum atomic E-state index is 11.0. The molecule has 0 aliphatic heterocycles. The van der Waals surface area contributed by atoms with Gasteiger partial charge in [0.25, 0.3) is 5.69 Å². The van der Waals surface area contributed by atoms with Crippen molar-refractivity contribution in [2.75, 3.05) is 5.73 Å². The number of hydrogen-bond donors (Lipinski definition) is 1. The lowest BCUT2D eigenvalue weighted by molar-refractivity contribution is -0.383. The van der Waals surface area contributed by atoms with Gasteiger partial charge in [0, 0.05) is 18.0 Å². The van der Waals surface area contributed by atoms with E-state index in [4.69, 9.17) is 10.5 Å². The molecule has 2 N–H and O–H groups in total. The van der Waals surface area contributed by atoms with Crippen molar-refractivity contribution in [2.24, 2.45) is 0 Å². The molecule has 0 aliphatic rings. The molecular formula is C15H11N3O3. The molecule has 0 amide bonds. The second-order valence-electron chi connectivity index (χ2n) is 4.41. The number of fused-ring (bicyclic) bond motifs is 1. The molecule has 0 saturated carbocycles. The van der Waals surface area contributed by atoms with Crippen LogP contribution in [0.1, 0.15) is 0 Å². The van der Waals surface area contributed by atoms with Crippen molar-refractivity contribution >= 4 is 22.3 Å². The third-order valence-electron chi connectivity index (χ3n) is 3.01. The van der Waals surface area contributed by atoms with Crippen LogP contribution in [0, 0.1) is 10.1 Å². The number of benzene rings is 2. The maximum absolute atomic E-state index is 11.0. The Kier molecular flexibility index (Phi) is 3.12. The van der Waals surface area contributed by atoms with Crippen LogP contribution in [0.5, 0.6) is 11.5 Å². The summed E-state index contributed by atoms with van der Waals surface area (Å²) in [6, 6.07) is 13.2. The molecule has 0 aliphatic carbocycles. The summed E-state index contributed by atoms with van der Waals surface area (Å²) >= 11 is 0. The Morgan fingerprint density at radius 3 is 2.57 bits per heavy atom. The molecule has 0 saturated heterocycles. The highest BCUT2D eigenvalue weighted by Crippen LogP contribution is 2.33. The van der Waals surface area contributed by atoms with E-state index in [9.17, 15) is 10.1 Å². The molecule has 0 bridgehead atoms. The van der Waals surface area contributed by atoms with E-state index in [1.807, 2.05) is 0 Å². The van der Waals surface area contributed by atoms with Crippen LogP contribution in [0.3, 0.4) is 0 Å². The first-order chi connectivity index (χ1) is 10.1.